The maximum absolute atomic E-state index is 12.3. The minimum atomic E-state index is -0.155. The molecule has 5 nitrogen and oxygen atoms in total. The molecule has 1 aromatic heterocycles. The van der Waals surface area contributed by atoms with Gasteiger partial charge in [-0.2, -0.15) is 0 Å². The van der Waals surface area contributed by atoms with Crippen LogP contribution in [-0.2, 0) is 12.8 Å². The van der Waals surface area contributed by atoms with E-state index in [1.54, 1.807) is 7.05 Å². The number of nitrogens with zero attached hydrogens (tertiary/aromatic N) is 2. The van der Waals surface area contributed by atoms with E-state index in [4.69, 9.17) is 0 Å². The third kappa shape index (κ3) is 3.50. The fourth-order valence-corrected chi connectivity index (χ4v) is 2.96. The maximum atomic E-state index is 12.3. The van der Waals surface area contributed by atoms with Crippen LogP contribution in [0.15, 0.2) is 30.6 Å². The molecule has 1 heterocycles. The van der Waals surface area contributed by atoms with Gasteiger partial charge in [0.15, 0.2) is 0 Å². The Kier molecular flexibility index (Phi) is 4.55. The van der Waals surface area contributed by atoms with Gasteiger partial charge in [-0.3, -0.25) is 4.79 Å². The van der Waals surface area contributed by atoms with Gasteiger partial charge in [-0.15, -0.1) is 0 Å². The zero-order valence-corrected chi connectivity index (χ0v) is 13.6. The summed E-state index contributed by atoms with van der Waals surface area (Å²) >= 11 is 0. The molecule has 1 atom stereocenters. The van der Waals surface area contributed by atoms with Gasteiger partial charge < -0.3 is 10.6 Å². The van der Waals surface area contributed by atoms with Crippen LogP contribution in [0.4, 0.5) is 5.95 Å². The van der Waals surface area contributed by atoms with E-state index in [0.717, 1.165) is 12.0 Å². The number of hydrogen-bond donors (Lipinski definition) is 2. The van der Waals surface area contributed by atoms with Gasteiger partial charge >= 0.3 is 0 Å². The molecule has 3 rings (SSSR count). The number of hydrogen-bond acceptors (Lipinski definition) is 4. The van der Waals surface area contributed by atoms with Crippen LogP contribution in [0.5, 0.6) is 0 Å². The van der Waals surface area contributed by atoms with E-state index in [2.05, 4.69) is 38.8 Å². The second kappa shape index (κ2) is 6.77. The maximum Gasteiger partial charge on any atom is 0.254 e. The quantitative estimate of drug-likeness (QED) is 0.911. The first-order valence-corrected chi connectivity index (χ1v) is 8.09. The lowest BCUT2D eigenvalue weighted by Crippen LogP contribution is -2.27. The summed E-state index contributed by atoms with van der Waals surface area (Å²) in [7, 11) is 1.74. The predicted molar refractivity (Wildman–Crippen MR) is 90.5 cm³/mol. The Labute approximate surface area is 136 Å². The van der Waals surface area contributed by atoms with Crippen molar-refractivity contribution in [2.45, 2.75) is 38.6 Å². The van der Waals surface area contributed by atoms with Crippen LogP contribution in [0.1, 0.15) is 52.9 Å². The Morgan fingerprint density at radius 2 is 1.83 bits per heavy atom. The Morgan fingerprint density at radius 3 is 2.52 bits per heavy atom. The van der Waals surface area contributed by atoms with E-state index >= 15 is 0 Å². The highest BCUT2D eigenvalue weighted by atomic mass is 16.1. The highest BCUT2D eigenvalue weighted by Gasteiger charge is 2.15. The summed E-state index contributed by atoms with van der Waals surface area (Å²) < 4.78 is 0. The molecule has 0 fully saturated rings. The second-order valence-electron chi connectivity index (χ2n) is 5.98. The average molecular weight is 310 g/mol. The number of fused-ring (bicyclic) bond motifs is 1. The van der Waals surface area contributed by atoms with Gasteiger partial charge in [0.25, 0.3) is 5.91 Å². The SMILES string of the molecule is CNc1ncc(C(=O)N[C@H](C)c2ccc3c(c2)CCCC3)cn1. The fraction of sp³-hybridized carbons (Fsp3) is 0.389. The lowest BCUT2D eigenvalue weighted by Gasteiger charge is -2.20. The van der Waals surface area contributed by atoms with Gasteiger partial charge in [-0.1, -0.05) is 18.2 Å². The molecule has 0 unspecified atom stereocenters. The van der Waals surface area contributed by atoms with Crippen LogP contribution >= 0.6 is 0 Å². The molecule has 0 saturated heterocycles. The van der Waals surface area contributed by atoms with E-state index in [-0.39, 0.29) is 11.9 Å². The van der Waals surface area contributed by atoms with Crippen molar-refractivity contribution in [3.05, 3.63) is 52.8 Å². The molecule has 0 spiro atoms. The summed E-state index contributed by atoms with van der Waals surface area (Å²) in [6, 6.07) is 6.52. The predicted octanol–water partition coefficient (Wildman–Crippen LogP) is 2.89. The molecule has 0 bridgehead atoms. The monoisotopic (exact) mass is 310 g/mol. The molecule has 2 aromatic rings. The number of aryl methyl sites for hydroxylation is 2. The molecule has 5 heteroatoms. The topological polar surface area (TPSA) is 66.9 Å². The molecule has 0 aliphatic heterocycles. The molecule has 23 heavy (non-hydrogen) atoms. The fourth-order valence-electron chi connectivity index (χ4n) is 2.96. The molecule has 1 aromatic carbocycles. The van der Waals surface area contributed by atoms with Crippen molar-refractivity contribution in [3.63, 3.8) is 0 Å². The number of rotatable bonds is 4. The molecule has 1 aliphatic rings. The van der Waals surface area contributed by atoms with Gasteiger partial charge in [0, 0.05) is 19.4 Å². The summed E-state index contributed by atoms with van der Waals surface area (Å²) in [4.78, 5) is 20.5. The number of anilines is 1. The van der Waals surface area contributed by atoms with Crippen molar-refractivity contribution in [2.75, 3.05) is 12.4 Å². The van der Waals surface area contributed by atoms with Crippen LogP contribution in [0.25, 0.3) is 0 Å². The number of carbonyl (C=O) groups is 1. The van der Waals surface area contributed by atoms with Crippen LogP contribution in [0.2, 0.25) is 0 Å². The second-order valence-corrected chi connectivity index (χ2v) is 5.98. The Bertz CT molecular complexity index is 697. The lowest BCUT2D eigenvalue weighted by molar-refractivity contribution is 0.0939. The van der Waals surface area contributed by atoms with E-state index in [1.807, 2.05) is 6.92 Å². The highest BCUT2D eigenvalue weighted by molar-refractivity contribution is 5.93. The van der Waals surface area contributed by atoms with E-state index in [0.29, 0.717) is 11.5 Å². The van der Waals surface area contributed by atoms with Crippen molar-refractivity contribution >= 4 is 11.9 Å². The van der Waals surface area contributed by atoms with E-state index < -0.39 is 0 Å². The largest absolute Gasteiger partial charge is 0.357 e. The van der Waals surface area contributed by atoms with Crippen molar-refractivity contribution in [2.24, 2.45) is 0 Å². The highest BCUT2D eigenvalue weighted by Crippen LogP contribution is 2.24. The van der Waals surface area contributed by atoms with Crippen LogP contribution in [0, 0.1) is 0 Å². The molecule has 120 valence electrons. The number of amides is 1. The molecule has 0 radical (unpaired) electrons. The zero-order valence-electron chi connectivity index (χ0n) is 13.6. The number of aromatic nitrogens is 2. The van der Waals surface area contributed by atoms with Gasteiger partial charge in [0.05, 0.1) is 11.6 Å². The normalized spacial score (nSPS) is 14.7. The first-order valence-electron chi connectivity index (χ1n) is 8.09. The minimum absolute atomic E-state index is 0.0429. The number of benzene rings is 1. The first-order chi connectivity index (χ1) is 11.2. The summed E-state index contributed by atoms with van der Waals surface area (Å²) in [6.45, 7) is 2.01. The lowest BCUT2D eigenvalue weighted by atomic mass is 9.89. The molecule has 1 amide bonds. The van der Waals surface area contributed by atoms with Crippen molar-refractivity contribution < 1.29 is 4.79 Å². The standard InChI is InChI=1S/C18H22N4O/c1-12(14-8-7-13-5-3-4-6-15(13)9-14)22-17(23)16-10-20-18(19-2)21-11-16/h7-12H,3-6H2,1-2H3,(H,22,23)(H,19,20,21)/t12-/m1/s1. The Morgan fingerprint density at radius 1 is 1.13 bits per heavy atom. The van der Waals surface area contributed by atoms with Gasteiger partial charge in [0.2, 0.25) is 5.95 Å². The third-order valence-corrected chi connectivity index (χ3v) is 4.36. The van der Waals surface area contributed by atoms with Crippen molar-refractivity contribution in [1.82, 2.24) is 15.3 Å². The smallest absolute Gasteiger partial charge is 0.254 e. The molecule has 1 aliphatic carbocycles. The van der Waals surface area contributed by atoms with Crippen LogP contribution in [-0.4, -0.2) is 22.9 Å². The summed E-state index contributed by atoms with van der Waals surface area (Å²) in [5.74, 6) is 0.349. The average Bonchev–Trinajstić information content (AvgIpc) is 2.61. The summed E-state index contributed by atoms with van der Waals surface area (Å²) in [5.41, 5.74) is 4.49. The van der Waals surface area contributed by atoms with Gasteiger partial charge in [-0.05, 0) is 49.3 Å². The Hall–Kier alpha value is -2.43. The summed E-state index contributed by atoms with van der Waals surface area (Å²) in [5, 5.41) is 5.85. The minimum Gasteiger partial charge on any atom is -0.357 e. The van der Waals surface area contributed by atoms with Gasteiger partial charge in [0.1, 0.15) is 0 Å². The van der Waals surface area contributed by atoms with Crippen molar-refractivity contribution in [1.29, 1.82) is 0 Å². The summed E-state index contributed by atoms with van der Waals surface area (Å²) in [6.07, 6.45) is 7.92. The third-order valence-electron chi connectivity index (χ3n) is 4.36. The molecule has 2 N–H and O–H groups in total. The Balaban J connectivity index is 1.70. The molecular formula is C18H22N4O. The van der Waals surface area contributed by atoms with Crippen LogP contribution < -0.4 is 10.6 Å². The molecular weight excluding hydrogens is 288 g/mol. The zero-order chi connectivity index (χ0) is 16.2. The van der Waals surface area contributed by atoms with Gasteiger partial charge in [-0.25, -0.2) is 9.97 Å². The molecule has 0 saturated carbocycles. The first kappa shape index (κ1) is 15.5. The van der Waals surface area contributed by atoms with Crippen molar-refractivity contribution in [3.8, 4) is 0 Å². The number of nitrogens with one attached hydrogen (secondary N) is 2. The van der Waals surface area contributed by atoms with Crippen LogP contribution in [0.3, 0.4) is 0 Å². The number of carbonyl (C=O) groups excluding carboxylic acids is 1. The van der Waals surface area contributed by atoms with E-state index in [9.17, 15) is 4.79 Å². The van der Waals surface area contributed by atoms with E-state index in [1.165, 1.54) is 42.8 Å².